The maximum atomic E-state index is 2.32. The zero-order valence-corrected chi connectivity index (χ0v) is 6.35. The van der Waals surface area contributed by atoms with Crippen LogP contribution in [0.3, 0.4) is 0 Å². The molecule has 0 saturated heterocycles. The largest absolute Gasteiger partial charge is 0.0775 e. The molecule has 0 radical (unpaired) electrons. The second kappa shape index (κ2) is 2.12. The molecule has 0 aromatic heterocycles. The Labute approximate surface area is 61.9 Å². The molecule has 10 heavy (non-hydrogen) atoms. The van der Waals surface area contributed by atoms with E-state index in [9.17, 15) is 0 Å². The highest BCUT2D eigenvalue weighted by Crippen LogP contribution is 2.33. The Kier molecular flexibility index (Phi) is 1.26. The van der Waals surface area contributed by atoms with E-state index in [2.05, 4.69) is 25.2 Å². The third-order valence-corrected chi connectivity index (χ3v) is 2.37. The SMILES string of the molecule is CC1=CCC2=C(C=C1)CC2. The van der Waals surface area contributed by atoms with Crippen molar-refractivity contribution in [3.05, 3.63) is 34.9 Å². The van der Waals surface area contributed by atoms with Crippen LogP contribution in [0.2, 0.25) is 0 Å². The van der Waals surface area contributed by atoms with Crippen LogP contribution in [0.15, 0.2) is 34.9 Å². The Hall–Kier alpha value is -0.780. The first-order valence-corrected chi connectivity index (χ1v) is 3.92. The zero-order valence-electron chi connectivity index (χ0n) is 6.35. The van der Waals surface area contributed by atoms with Crippen LogP contribution < -0.4 is 0 Å². The standard InChI is InChI=1S/C10H12/c1-8-2-4-9-6-7-10(9)5-3-8/h2-4H,5-7H2,1H3. The van der Waals surface area contributed by atoms with Crippen LogP contribution in [-0.2, 0) is 0 Å². The van der Waals surface area contributed by atoms with Crippen molar-refractivity contribution in [3.8, 4) is 0 Å². The van der Waals surface area contributed by atoms with Gasteiger partial charge >= 0.3 is 0 Å². The molecule has 52 valence electrons. The third kappa shape index (κ3) is 0.841. The highest BCUT2D eigenvalue weighted by molar-refractivity contribution is 5.41. The average Bonchev–Trinajstić information content (AvgIpc) is 1.94. The Morgan fingerprint density at radius 1 is 1.20 bits per heavy atom. The second-order valence-electron chi connectivity index (χ2n) is 3.11. The van der Waals surface area contributed by atoms with Crippen molar-refractivity contribution in [2.24, 2.45) is 0 Å². The molecule has 0 bridgehead atoms. The minimum absolute atomic E-state index is 1.20. The van der Waals surface area contributed by atoms with Crippen molar-refractivity contribution >= 4 is 0 Å². The van der Waals surface area contributed by atoms with E-state index in [0.29, 0.717) is 0 Å². The van der Waals surface area contributed by atoms with Gasteiger partial charge in [-0.05, 0) is 31.8 Å². The normalized spacial score (nSPS) is 23.1. The molecule has 0 nitrogen and oxygen atoms in total. The van der Waals surface area contributed by atoms with Crippen LogP contribution in [-0.4, -0.2) is 0 Å². The molecule has 0 N–H and O–H groups in total. The van der Waals surface area contributed by atoms with Crippen molar-refractivity contribution in [1.82, 2.24) is 0 Å². The van der Waals surface area contributed by atoms with Gasteiger partial charge in [-0.1, -0.05) is 29.4 Å². The summed E-state index contributed by atoms with van der Waals surface area (Å²) in [6.45, 7) is 2.17. The Morgan fingerprint density at radius 2 is 2.10 bits per heavy atom. The molecule has 0 aromatic rings. The fraction of sp³-hybridized carbons (Fsp3) is 0.400. The lowest BCUT2D eigenvalue weighted by molar-refractivity contribution is 0.799. The van der Waals surface area contributed by atoms with Gasteiger partial charge < -0.3 is 0 Å². The lowest BCUT2D eigenvalue weighted by atomic mass is 9.87. The molecule has 0 aromatic carbocycles. The number of hydrogen-bond donors (Lipinski definition) is 0. The number of allylic oxidation sites excluding steroid dienone is 6. The van der Waals surface area contributed by atoms with Crippen LogP contribution >= 0.6 is 0 Å². The van der Waals surface area contributed by atoms with Gasteiger partial charge in [-0.2, -0.15) is 0 Å². The quantitative estimate of drug-likeness (QED) is 0.475. The topological polar surface area (TPSA) is 0 Å². The van der Waals surface area contributed by atoms with Gasteiger partial charge in [0, 0.05) is 0 Å². The summed E-state index contributed by atoms with van der Waals surface area (Å²) in [5.74, 6) is 0. The maximum Gasteiger partial charge on any atom is -0.0127 e. The fourth-order valence-electron chi connectivity index (χ4n) is 1.46. The molecule has 0 heteroatoms. The second-order valence-corrected chi connectivity index (χ2v) is 3.11. The van der Waals surface area contributed by atoms with Crippen LogP contribution in [0, 0.1) is 0 Å². The Morgan fingerprint density at radius 3 is 2.80 bits per heavy atom. The smallest absolute Gasteiger partial charge is 0.0127 e. The van der Waals surface area contributed by atoms with Gasteiger partial charge in [-0.15, -0.1) is 0 Å². The molecular formula is C10H12. The molecule has 0 fully saturated rings. The van der Waals surface area contributed by atoms with Gasteiger partial charge in [0.25, 0.3) is 0 Å². The van der Waals surface area contributed by atoms with Crippen molar-refractivity contribution < 1.29 is 0 Å². The molecule has 2 aliphatic carbocycles. The molecule has 2 rings (SSSR count). The van der Waals surface area contributed by atoms with Crippen LogP contribution in [0.1, 0.15) is 26.2 Å². The molecule has 0 aliphatic heterocycles. The molecule has 2 aliphatic rings. The van der Waals surface area contributed by atoms with Gasteiger partial charge in [0.2, 0.25) is 0 Å². The van der Waals surface area contributed by atoms with E-state index in [1.54, 1.807) is 11.1 Å². The first-order valence-electron chi connectivity index (χ1n) is 3.92. The van der Waals surface area contributed by atoms with Gasteiger partial charge in [-0.3, -0.25) is 0 Å². The molecule has 0 unspecified atom stereocenters. The number of hydrogen-bond acceptors (Lipinski definition) is 0. The molecular weight excluding hydrogens is 120 g/mol. The van der Waals surface area contributed by atoms with Crippen molar-refractivity contribution in [1.29, 1.82) is 0 Å². The molecule has 0 saturated carbocycles. The minimum Gasteiger partial charge on any atom is -0.0775 e. The summed E-state index contributed by atoms with van der Waals surface area (Å²) in [6, 6.07) is 0. The molecule has 0 amide bonds. The summed E-state index contributed by atoms with van der Waals surface area (Å²) in [5.41, 5.74) is 4.66. The predicted molar refractivity (Wildman–Crippen MR) is 43.8 cm³/mol. The van der Waals surface area contributed by atoms with Crippen LogP contribution in [0.4, 0.5) is 0 Å². The van der Waals surface area contributed by atoms with Gasteiger partial charge in [0.05, 0.1) is 0 Å². The van der Waals surface area contributed by atoms with E-state index < -0.39 is 0 Å². The van der Waals surface area contributed by atoms with Gasteiger partial charge in [0.1, 0.15) is 0 Å². The van der Waals surface area contributed by atoms with Crippen molar-refractivity contribution in [2.45, 2.75) is 26.2 Å². The highest BCUT2D eigenvalue weighted by atomic mass is 14.2. The lowest BCUT2D eigenvalue weighted by Gasteiger charge is -2.18. The summed E-state index contributed by atoms with van der Waals surface area (Å²) in [4.78, 5) is 0. The first-order chi connectivity index (χ1) is 4.86. The van der Waals surface area contributed by atoms with E-state index in [1.165, 1.54) is 24.8 Å². The van der Waals surface area contributed by atoms with E-state index in [-0.39, 0.29) is 0 Å². The van der Waals surface area contributed by atoms with E-state index >= 15 is 0 Å². The maximum absolute atomic E-state index is 2.32. The van der Waals surface area contributed by atoms with Gasteiger partial charge in [-0.25, -0.2) is 0 Å². The minimum atomic E-state index is 1.20. The molecule has 0 spiro atoms. The molecule has 0 atom stereocenters. The van der Waals surface area contributed by atoms with Crippen molar-refractivity contribution in [2.75, 3.05) is 0 Å². The van der Waals surface area contributed by atoms with Gasteiger partial charge in [0.15, 0.2) is 0 Å². The summed E-state index contributed by atoms with van der Waals surface area (Å²) < 4.78 is 0. The molecule has 0 heterocycles. The van der Waals surface area contributed by atoms with Crippen LogP contribution in [0.5, 0.6) is 0 Å². The average molecular weight is 132 g/mol. The highest BCUT2D eigenvalue weighted by Gasteiger charge is 2.14. The third-order valence-electron chi connectivity index (χ3n) is 2.37. The first kappa shape index (κ1) is 5.96. The Bertz CT molecular complexity index is 239. The van der Waals surface area contributed by atoms with Crippen LogP contribution in [0.25, 0.3) is 0 Å². The monoisotopic (exact) mass is 132 g/mol. The van der Waals surface area contributed by atoms with E-state index in [4.69, 9.17) is 0 Å². The zero-order chi connectivity index (χ0) is 6.97. The van der Waals surface area contributed by atoms with E-state index in [0.717, 1.165) is 0 Å². The summed E-state index contributed by atoms with van der Waals surface area (Å²) in [7, 11) is 0. The summed E-state index contributed by atoms with van der Waals surface area (Å²) in [6.07, 6.45) is 10.7. The summed E-state index contributed by atoms with van der Waals surface area (Å²) >= 11 is 0. The lowest BCUT2D eigenvalue weighted by Crippen LogP contribution is -1.99. The van der Waals surface area contributed by atoms with E-state index in [1.807, 2.05) is 0 Å². The predicted octanol–water partition coefficient (Wildman–Crippen LogP) is 2.98. The van der Waals surface area contributed by atoms with Crippen molar-refractivity contribution in [3.63, 3.8) is 0 Å². The number of rotatable bonds is 0. The fourth-order valence-corrected chi connectivity index (χ4v) is 1.46. The summed E-state index contributed by atoms with van der Waals surface area (Å²) in [5, 5.41) is 0. The Balaban J connectivity index is 2.30.